The zero-order chi connectivity index (χ0) is 34.8. The van der Waals surface area contributed by atoms with Crippen molar-refractivity contribution < 1.29 is 23.8 Å². The lowest BCUT2D eigenvalue weighted by atomic mass is 9.98. The SMILES string of the molecule is CN1C(=O)C(Br)=C(Br)C1=O.COc1ccc2[nH]cc(-c3cn(C)cc3-c3c[nH]c4ccc(OC)cc34)c2c1.COc1ccc2[nH]ccc2c1. The second kappa shape index (κ2) is 14.1. The van der Waals surface area contributed by atoms with E-state index in [2.05, 4.69) is 107 Å². The third-order valence-corrected chi connectivity index (χ3v) is 10.3. The number of carbonyl (C=O) groups excluding carboxylic acids is 2. The minimum atomic E-state index is -0.308. The van der Waals surface area contributed by atoms with Crippen molar-refractivity contribution in [2.24, 2.45) is 7.05 Å². The highest BCUT2D eigenvalue weighted by molar-refractivity contribution is 9.14. The number of methoxy groups -OCH3 is 3. The molecule has 0 radical (unpaired) electrons. The van der Waals surface area contributed by atoms with Crippen LogP contribution in [0.25, 0.3) is 55.0 Å². The van der Waals surface area contributed by atoms with Crippen molar-refractivity contribution in [3.05, 3.63) is 101 Å². The van der Waals surface area contributed by atoms with E-state index in [1.54, 1.807) is 21.3 Å². The van der Waals surface area contributed by atoms with Crippen LogP contribution in [-0.4, -0.2) is 64.6 Å². The minimum Gasteiger partial charge on any atom is -0.497 e. The maximum atomic E-state index is 10.9. The molecule has 49 heavy (non-hydrogen) atoms. The van der Waals surface area contributed by atoms with E-state index in [1.807, 2.05) is 42.6 Å². The number of fused-ring (bicyclic) bond motifs is 3. The summed E-state index contributed by atoms with van der Waals surface area (Å²) in [5.74, 6) is 1.98. The van der Waals surface area contributed by atoms with Crippen LogP contribution in [0.4, 0.5) is 0 Å². The molecule has 0 fully saturated rings. The molecule has 8 rings (SSSR count). The molecule has 2 amide bonds. The lowest BCUT2D eigenvalue weighted by molar-refractivity contribution is -0.135. The summed E-state index contributed by atoms with van der Waals surface area (Å²) in [4.78, 5) is 32.7. The first-order valence-electron chi connectivity index (χ1n) is 15.1. The average molecular weight is 788 g/mol. The maximum Gasteiger partial charge on any atom is 0.268 e. The number of H-pyrrole nitrogens is 3. The molecule has 0 bridgehead atoms. The molecule has 10 nitrogen and oxygen atoms in total. The average Bonchev–Trinajstić information content (AvgIpc) is 3.96. The summed E-state index contributed by atoms with van der Waals surface area (Å²) in [5.41, 5.74) is 7.98. The molecule has 0 saturated carbocycles. The van der Waals surface area contributed by atoms with Crippen molar-refractivity contribution in [3.8, 4) is 39.5 Å². The smallest absolute Gasteiger partial charge is 0.268 e. The number of nitrogens with zero attached hydrogens (tertiary/aromatic N) is 2. The van der Waals surface area contributed by atoms with Crippen LogP contribution in [0, 0.1) is 0 Å². The van der Waals surface area contributed by atoms with Gasteiger partial charge in [0.2, 0.25) is 0 Å². The van der Waals surface area contributed by atoms with Crippen molar-refractivity contribution in [1.29, 1.82) is 0 Å². The van der Waals surface area contributed by atoms with E-state index in [0.29, 0.717) is 8.96 Å². The van der Waals surface area contributed by atoms with Crippen LogP contribution in [0.2, 0.25) is 0 Å². The zero-order valence-corrected chi connectivity index (χ0v) is 30.5. The standard InChI is InChI=1S/C23H21N3O2.C9H9NO.C5H3Br2NO2/c1-26-12-20(18-10-24-22-6-4-14(27-2)8-16(18)22)21(13-26)19-11-25-23-7-5-15(28-3)9-17(19)23;1-11-8-2-3-9-7(6-8)4-5-10-9;1-8-4(9)2(6)3(7)5(8)10/h4-13,24-25H,1-3H3;2-6,10H,1H3;1H3. The van der Waals surface area contributed by atoms with E-state index in [1.165, 1.54) is 23.6 Å². The predicted octanol–water partition coefficient (Wildman–Crippen LogP) is 8.50. The fourth-order valence-electron chi connectivity index (χ4n) is 5.64. The van der Waals surface area contributed by atoms with E-state index in [0.717, 1.165) is 60.6 Å². The van der Waals surface area contributed by atoms with Crippen molar-refractivity contribution in [2.45, 2.75) is 0 Å². The van der Waals surface area contributed by atoms with Crippen molar-refractivity contribution >= 4 is 76.4 Å². The number of halogens is 2. The van der Waals surface area contributed by atoms with Gasteiger partial charge in [-0.1, -0.05) is 0 Å². The molecule has 3 N–H and O–H groups in total. The Morgan fingerprint density at radius 1 is 0.571 bits per heavy atom. The number of imide groups is 1. The van der Waals surface area contributed by atoms with Gasteiger partial charge >= 0.3 is 0 Å². The summed E-state index contributed by atoms with van der Waals surface area (Å²) in [6.45, 7) is 0. The van der Waals surface area contributed by atoms with Crippen LogP contribution in [0.5, 0.6) is 17.2 Å². The monoisotopic (exact) mass is 785 g/mol. The quantitative estimate of drug-likeness (QED) is 0.151. The molecule has 1 aliphatic rings. The summed E-state index contributed by atoms with van der Waals surface area (Å²) in [6.07, 6.45) is 10.4. The Labute approximate surface area is 298 Å². The fourth-order valence-corrected chi connectivity index (χ4v) is 6.52. The molecule has 5 heterocycles. The molecule has 0 atom stereocenters. The molecule has 0 aliphatic carbocycles. The highest BCUT2D eigenvalue weighted by Crippen LogP contribution is 2.41. The Balaban J connectivity index is 0.000000162. The lowest BCUT2D eigenvalue weighted by Crippen LogP contribution is -2.25. The summed E-state index contributed by atoms with van der Waals surface area (Å²) in [6, 6.07) is 20.2. The van der Waals surface area contributed by atoms with E-state index in [9.17, 15) is 9.59 Å². The number of aromatic nitrogens is 4. The third kappa shape index (κ3) is 6.61. The molecule has 7 aromatic rings. The van der Waals surface area contributed by atoms with Gasteiger partial charge in [0, 0.05) is 100 Å². The van der Waals surface area contributed by atoms with Crippen LogP contribution >= 0.6 is 31.9 Å². The van der Waals surface area contributed by atoms with Crippen LogP contribution in [0.15, 0.2) is 101 Å². The van der Waals surface area contributed by atoms with Gasteiger partial charge in [-0.15, -0.1) is 0 Å². The largest absolute Gasteiger partial charge is 0.497 e. The number of nitrogens with one attached hydrogen (secondary N) is 3. The summed E-state index contributed by atoms with van der Waals surface area (Å²) < 4.78 is 18.6. The van der Waals surface area contributed by atoms with Crippen LogP contribution < -0.4 is 14.2 Å². The second-order valence-corrected chi connectivity index (χ2v) is 12.8. The molecular formula is C37H33Br2N5O5. The number of aromatic amines is 3. The van der Waals surface area contributed by atoms with Gasteiger partial charge in [-0.25, -0.2) is 0 Å². The Hall–Kier alpha value is -5.20. The van der Waals surface area contributed by atoms with Gasteiger partial charge in [0.1, 0.15) is 26.2 Å². The Morgan fingerprint density at radius 2 is 1.02 bits per heavy atom. The summed E-state index contributed by atoms with van der Waals surface area (Å²) in [7, 11) is 8.55. The number of hydrogen-bond acceptors (Lipinski definition) is 5. The first-order valence-corrected chi connectivity index (χ1v) is 16.7. The second-order valence-electron chi connectivity index (χ2n) is 11.2. The molecule has 4 aromatic heterocycles. The number of amides is 2. The molecule has 0 saturated heterocycles. The van der Waals surface area contributed by atoms with E-state index in [-0.39, 0.29) is 11.8 Å². The fraction of sp³-hybridized carbons (Fsp3) is 0.135. The zero-order valence-electron chi connectivity index (χ0n) is 27.4. The third-order valence-electron chi connectivity index (χ3n) is 8.25. The number of carbonyl (C=O) groups is 2. The number of aryl methyl sites for hydroxylation is 1. The molecule has 3 aromatic carbocycles. The van der Waals surface area contributed by atoms with Gasteiger partial charge in [0.25, 0.3) is 11.8 Å². The minimum absolute atomic E-state index is 0.292. The Kier molecular flexibility index (Phi) is 9.70. The number of ether oxygens (including phenoxy) is 3. The number of likely N-dealkylation sites (N-methyl/N-ethyl adjacent to an activating group) is 1. The summed E-state index contributed by atoms with van der Waals surface area (Å²) >= 11 is 5.94. The first-order chi connectivity index (χ1) is 23.6. The maximum absolute atomic E-state index is 10.9. The highest BCUT2D eigenvalue weighted by atomic mass is 79.9. The van der Waals surface area contributed by atoms with E-state index < -0.39 is 0 Å². The highest BCUT2D eigenvalue weighted by Gasteiger charge is 2.32. The Morgan fingerprint density at radius 3 is 1.45 bits per heavy atom. The van der Waals surface area contributed by atoms with Crippen LogP contribution in [0.3, 0.4) is 0 Å². The van der Waals surface area contributed by atoms with E-state index >= 15 is 0 Å². The normalized spacial score (nSPS) is 12.8. The molecule has 0 spiro atoms. The molecule has 0 unspecified atom stereocenters. The van der Waals surface area contributed by atoms with Gasteiger partial charge in [-0.05, 0) is 92.5 Å². The van der Waals surface area contributed by atoms with Gasteiger partial charge in [0.15, 0.2) is 0 Å². The Bertz CT molecular complexity index is 2240. The molecule has 250 valence electrons. The number of rotatable bonds is 5. The van der Waals surface area contributed by atoms with Crippen molar-refractivity contribution in [3.63, 3.8) is 0 Å². The molecule has 12 heteroatoms. The predicted molar refractivity (Wildman–Crippen MR) is 201 cm³/mol. The van der Waals surface area contributed by atoms with Crippen molar-refractivity contribution in [1.82, 2.24) is 24.4 Å². The van der Waals surface area contributed by atoms with Crippen LogP contribution in [-0.2, 0) is 16.6 Å². The van der Waals surface area contributed by atoms with Crippen LogP contribution in [0.1, 0.15) is 0 Å². The van der Waals surface area contributed by atoms with Crippen molar-refractivity contribution in [2.75, 3.05) is 28.4 Å². The van der Waals surface area contributed by atoms with Gasteiger partial charge in [-0.2, -0.15) is 0 Å². The molecule has 1 aliphatic heterocycles. The topological polar surface area (TPSA) is 117 Å². The number of benzene rings is 3. The van der Waals surface area contributed by atoms with Gasteiger partial charge in [0.05, 0.1) is 21.3 Å². The summed E-state index contributed by atoms with van der Waals surface area (Å²) in [5, 5.41) is 3.47. The lowest BCUT2D eigenvalue weighted by Gasteiger charge is -2.05. The van der Waals surface area contributed by atoms with E-state index in [4.69, 9.17) is 14.2 Å². The number of hydrogen-bond donors (Lipinski definition) is 3. The van der Waals surface area contributed by atoms with Gasteiger partial charge in [-0.3, -0.25) is 14.5 Å². The molecular weight excluding hydrogens is 754 g/mol. The first kappa shape index (κ1) is 33.7. The van der Waals surface area contributed by atoms with Gasteiger partial charge < -0.3 is 33.7 Å².